The van der Waals surface area contributed by atoms with Gasteiger partial charge in [-0.2, -0.15) is 0 Å². The second-order valence-electron chi connectivity index (χ2n) is 5.51. The number of amides is 1. The molecule has 2 nitrogen and oxygen atoms in total. The lowest BCUT2D eigenvalue weighted by Crippen LogP contribution is -2.24. The predicted octanol–water partition coefficient (Wildman–Crippen LogP) is 5.44. The van der Waals surface area contributed by atoms with E-state index in [9.17, 15) is 4.79 Å². The van der Waals surface area contributed by atoms with Crippen LogP contribution in [0.4, 0.5) is 0 Å². The van der Waals surface area contributed by atoms with Crippen LogP contribution in [0.2, 0.25) is 5.02 Å². The van der Waals surface area contributed by atoms with E-state index in [4.69, 9.17) is 11.6 Å². The molecular weight excluding hydrogens is 338 g/mol. The van der Waals surface area contributed by atoms with Gasteiger partial charge >= 0.3 is 0 Å². The molecule has 20 heavy (non-hydrogen) atoms. The van der Waals surface area contributed by atoms with Gasteiger partial charge < -0.3 is 5.32 Å². The Kier molecular flexibility index (Phi) is 8.24. The van der Waals surface area contributed by atoms with Gasteiger partial charge in [0, 0.05) is 21.6 Å². The maximum atomic E-state index is 11.9. The molecule has 0 unspecified atom stereocenters. The van der Waals surface area contributed by atoms with Gasteiger partial charge in [0.15, 0.2) is 0 Å². The van der Waals surface area contributed by atoms with Crippen LogP contribution in [-0.4, -0.2) is 12.5 Å². The molecule has 0 spiro atoms. The minimum atomic E-state index is -0.0598. The molecule has 1 aromatic rings. The van der Waals surface area contributed by atoms with Crippen LogP contribution in [0.25, 0.3) is 0 Å². The van der Waals surface area contributed by atoms with Gasteiger partial charge in [-0.05, 0) is 30.5 Å². The molecule has 0 radical (unpaired) electrons. The molecule has 4 heteroatoms. The summed E-state index contributed by atoms with van der Waals surface area (Å²) < 4.78 is 0.823. The molecule has 1 rings (SSSR count). The summed E-state index contributed by atoms with van der Waals surface area (Å²) in [5, 5.41) is 3.50. The fraction of sp³-hybridized carbons (Fsp3) is 0.562. The number of halogens is 2. The van der Waals surface area contributed by atoms with Crippen molar-refractivity contribution >= 4 is 33.4 Å². The van der Waals surface area contributed by atoms with Crippen molar-refractivity contribution in [1.29, 1.82) is 0 Å². The Hall–Kier alpha value is -0.540. The van der Waals surface area contributed by atoms with E-state index in [1.54, 1.807) is 18.2 Å². The van der Waals surface area contributed by atoms with E-state index in [0.29, 0.717) is 10.6 Å². The fourth-order valence-corrected chi connectivity index (χ4v) is 2.88. The van der Waals surface area contributed by atoms with Gasteiger partial charge in [0.25, 0.3) is 5.91 Å². The number of carbonyl (C=O) groups is 1. The highest BCUT2D eigenvalue weighted by molar-refractivity contribution is 9.10. The van der Waals surface area contributed by atoms with Crippen LogP contribution in [-0.2, 0) is 0 Å². The standard InChI is InChI=1S/C16H23BrClNO/c1-12(2)7-5-3-4-6-8-19-16(20)13-9-14(17)11-15(18)10-13/h9-12H,3-8H2,1-2H3,(H,19,20). The molecule has 0 heterocycles. The summed E-state index contributed by atoms with van der Waals surface area (Å²) in [6.07, 6.45) is 6.03. The third-order valence-corrected chi connectivity index (χ3v) is 3.79. The quantitative estimate of drug-likeness (QED) is 0.615. The van der Waals surface area contributed by atoms with E-state index in [-0.39, 0.29) is 5.91 Å². The van der Waals surface area contributed by atoms with Crippen molar-refractivity contribution in [3.05, 3.63) is 33.3 Å². The van der Waals surface area contributed by atoms with Gasteiger partial charge in [-0.15, -0.1) is 0 Å². The minimum absolute atomic E-state index is 0.0598. The largest absolute Gasteiger partial charge is 0.352 e. The topological polar surface area (TPSA) is 29.1 Å². The monoisotopic (exact) mass is 359 g/mol. The Morgan fingerprint density at radius 3 is 2.55 bits per heavy atom. The SMILES string of the molecule is CC(C)CCCCCCNC(=O)c1cc(Cl)cc(Br)c1. The average molecular weight is 361 g/mol. The molecule has 0 saturated carbocycles. The van der Waals surface area contributed by atoms with E-state index >= 15 is 0 Å². The zero-order valence-corrected chi connectivity index (χ0v) is 14.6. The highest BCUT2D eigenvalue weighted by atomic mass is 79.9. The molecule has 1 amide bonds. The Morgan fingerprint density at radius 2 is 1.90 bits per heavy atom. The molecule has 0 bridgehead atoms. The minimum Gasteiger partial charge on any atom is -0.352 e. The molecular formula is C16H23BrClNO. The van der Waals surface area contributed by atoms with Crippen molar-refractivity contribution in [3.8, 4) is 0 Å². The van der Waals surface area contributed by atoms with Gasteiger partial charge in [0.1, 0.15) is 0 Å². The number of benzene rings is 1. The van der Waals surface area contributed by atoms with Crippen LogP contribution in [0, 0.1) is 5.92 Å². The lowest BCUT2D eigenvalue weighted by molar-refractivity contribution is 0.0953. The van der Waals surface area contributed by atoms with Crippen LogP contribution in [0.1, 0.15) is 56.3 Å². The number of rotatable bonds is 8. The molecule has 0 aliphatic rings. The Morgan fingerprint density at radius 1 is 1.20 bits per heavy atom. The van der Waals surface area contributed by atoms with Crippen LogP contribution in [0.3, 0.4) is 0 Å². The van der Waals surface area contributed by atoms with E-state index in [2.05, 4.69) is 35.1 Å². The van der Waals surface area contributed by atoms with Crippen molar-refractivity contribution in [2.75, 3.05) is 6.54 Å². The first kappa shape index (κ1) is 17.5. The first-order valence-corrected chi connectivity index (χ1v) is 8.40. The van der Waals surface area contributed by atoms with E-state index in [0.717, 1.165) is 23.4 Å². The van der Waals surface area contributed by atoms with Crippen molar-refractivity contribution in [1.82, 2.24) is 5.32 Å². The lowest BCUT2D eigenvalue weighted by atomic mass is 10.0. The Balaban J connectivity index is 2.20. The molecule has 1 aromatic carbocycles. The first-order chi connectivity index (χ1) is 9.49. The lowest BCUT2D eigenvalue weighted by Gasteiger charge is -2.07. The number of unbranched alkanes of at least 4 members (excludes halogenated alkanes) is 3. The zero-order valence-electron chi connectivity index (χ0n) is 12.2. The predicted molar refractivity (Wildman–Crippen MR) is 89.4 cm³/mol. The van der Waals surface area contributed by atoms with Crippen molar-refractivity contribution < 1.29 is 4.79 Å². The normalized spacial score (nSPS) is 10.8. The maximum Gasteiger partial charge on any atom is 0.251 e. The summed E-state index contributed by atoms with van der Waals surface area (Å²) in [5.74, 6) is 0.728. The van der Waals surface area contributed by atoms with E-state index in [1.807, 2.05) is 0 Å². The molecule has 0 aromatic heterocycles. The summed E-state index contributed by atoms with van der Waals surface area (Å²) in [4.78, 5) is 11.9. The molecule has 0 aliphatic heterocycles. The summed E-state index contributed by atoms with van der Waals surface area (Å²) in [6, 6.07) is 5.24. The highest BCUT2D eigenvalue weighted by Gasteiger charge is 2.06. The van der Waals surface area contributed by atoms with Crippen LogP contribution in [0.5, 0.6) is 0 Å². The molecule has 0 saturated heterocycles. The second-order valence-corrected chi connectivity index (χ2v) is 6.86. The number of carbonyl (C=O) groups excluding carboxylic acids is 1. The van der Waals surface area contributed by atoms with Crippen molar-refractivity contribution in [2.24, 2.45) is 5.92 Å². The first-order valence-electron chi connectivity index (χ1n) is 7.23. The van der Waals surface area contributed by atoms with Gasteiger partial charge in [0.05, 0.1) is 0 Å². The second kappa shape index (κ2) is 9.41. The number of hydrogen-bond acceptors (Lipinski definition) is 1. The summed E-state index contributed by atoms with van der Waals surface area (Å²) in [5.41, 5.74) is 0.601. The molecule has 112 valence electrons. The van der Waals surface area contributed by atoms with E-state index < -0.39 is 0 Å². The number of hydrogen-bond donors (Lipinski definition) is 1. The third kappa shape index (κ3) is 7.30. The van der Waals surface area contributed by atoms with E-state index in [1.165, 1.54) is 25.7 Å². The van der Waals surface area contributed by atoms with Gasteiger partial charge in [-0.1, -0.05) is 67.1 Å². The van der Waals surface area contributed by atoms with Crippen LogP contribution >= 0.6 is 27.5 Å². The van der Waals surface area contributed by atoms with Crippen LogP contribution in [0.15, 0.2) is 22.7 Å². The fourth-order valence-electron chi connectivity index (χ4n) is 2.02. The van der Waals surface area contributed by atoms with Crippen molar-refractivity contribution in [2.45, 2.75) is 46.0 Å². The van der Waals surface area contributed by atoms with Gasteiger partial charge in [0.2, 0.25) is 0 Å². The van der Waals surface area contributed by atoms with Crippen molar-refractivity contribution in [3.63, 3.8) is 0 Å². The third-order valence-electron chi connectivity index (χ3n) is 3.12. The van der Waals surface area contributed by atoms with Gasteiger partial charge in [-0.3, -0.25) is 4.79 Å². The summed E-state index contributed by atoms with van der Waals surface area (Å²) >= 11 is 9.27. The Labute approximate surface area is 135 Å². The average Bonchev–Trinajstić information content (AvgIpc) is 2.35. The maximum absolute atomic E-state index is 11.9. The number of nitrogens with one attached hydrogen (secondary N) is 1. The summed E-state index contributed by atoms with van der Waals surface area (Å²) in [6.45, 7) is 5.23. The zero-order chi connectivity index (χ0) is 15.0. The van der Waals surface area contributed by atoms with Crippen LogP contribution < -0.4 is 5.32 Å². The summed E-state index contributed by atoms with van der Waals surface area (Å²) in [7, 11) is 0. The molecule has 1 N–H and O–H groups in total. The molecule has 0 atom stereocenters. The highest BCUT2D eigenvalue weighted by Crippen LogP contribution is 2.19. The van der Waals surface area contributed by atoms with Gasteiger partial charge in [-0.25, -0.2) is 0 Å². The Bertz CT molecular complexity index is 414. The molecule has 0 fully saturated rings. The smallest absolute Gasteiger partial charge is 0.251 e. The molecule has 0 aliphatic carbocycles.